The Kier molecular flexibility index (Phi) is 3.05. The Hall–Kier alpha value is -2.66. The van der Waals surface area contributed by atoms with Crippen molar-refractivity contribution < 1.29 is 25.2 Å². The lowest BCUT2D eigenvalue weighted by Crippen LogP contribution is -2.14. The van der Waals surface area contributed by atoms with Crippen LogP contribution in [0.4, 0.5) is 0 Å². The van der Waals surface area contributed by atoms with Crippen LogP contribution < -0.4 is 0 Å². The third-order valence-electron chi connectivity index (χ3n) is 4.66. The molecule has 122 valence electrons. The van der Waals surface area contributed by atoms with Crippen LogP contribution in [0.2, 0.25) is 5.02 Å². The van der Waals surface area contributed by atoms with Crippen LogP contribution in [0.25, 0.3) is 21.5 Å². The van der Waals surface area contributed by atoms with Crippen molar-refractivity contribution in [3.05, 3.63) is 34.3 Å². The van der Waals surface area contributed by atoms with Gasteiger partial charge in [-0.25, -0.2) is 0 Å². The van der Waals surface area contributed by atoms with Crippen LogP contribution in [-0.4, -0.2) is 26.2 Å². The summed E-state index contributed by atoms with van der Waals surface area (Å²) in [6.07, 6.45) is 0.554. The average Bonchev–Trinajstić information content (AvgIpc) is 2.55. The number of phenolic OH excluding ortho intramolecular Hbond substituents is 4. The van der Waals surface area contributed by atoms with Crippen molar-refractivity contribution in [2.75, 3.05) is 0 Å². The van der Waals surface area contributed by atoms with E-state index in [0.29, 0.717) is 16.5 Å². The van der Waals surface area contributed by atoms with Gasteiger partial charge < -0.3 is 20.4 Å². The Bertz CT molecular complexity index is 1060. The molecule has 3 aromatic rings. The van der Waals surface area contributed by atoms with Gasteiger partial charge in [-0.1, -0.05) is 23.7 Å². The quantitative estimate of drug-likeness (QED) is 0.369. The summed E-state index contributed by atoms with van der Waals surface area (Å²) in [4.78, 5) is 11.7. The van der Waals surface area contributed by atoms with Crippen LogP contribution >= 0.6 is 11.6 Å². The zero-order chi connectivity index (χ0) is 17.2. The molecule has 0 heterocycles. The summed E-state index contributed by atoms with van der Waals surface area (Å²) in [5.74, 6) is -0.989. The molecule has 5 nitrogen and oxygen atoms in total. The van der Waals surface area contributed by atoms with Crippen LogP contribution in [0.1, 0.15) is 17.5 Å². The van der Waals surface area contributed by atoms with E-state index in [9.17, 15) is 25.2 Å². The maximum Gasteiger partial charge on any atom is 0.138 e. The topological polar surface area (TPSA) is 98.0 Å². The average molecular weight is 345 g/mol. The number of hydrogen-bond acceptors (Lipinski definition) is 5. The zero-order valence-corrected chi connectivity index (χ0v) is 13.2. The largest absolute Gasteiger partial charge is 0.507 e. The number of carbonyl (C=O) groups excluding carboxylic acids is 1. The molecule has 0 saturated carbocycles. The molecular weight excluding hydrogens is 332 g/mol. The molecule has 0 aliphatic heterocycles. The maximum absolute atomic E-state index is 11.7. The van der Waals surface area contributed by atoms with E-state index in [0.717, 1.165) is 0 Å². The molecule has 6 heteroatoms. The molecule has 24 heavy (non-hydrogen) atoms. The van der Waals surface area contributed by atoms with Crippen molar-refractivity contribution >= 4 is 38.9 Å². The van der Waals surface area contributed by atoms with Gasteiger partial charge in [-0.05, 0) is 12.5 Å². The van der Waals surface area contributed by atoms with Crippen LogP contribution in [0.15, 0.2) is 18.2 Å². The van der Waals surface area contributed by atoms with Gasteiger partial charge in [0.15, 0.2) is 0 Å². The van der Waals surface area contributed by atoms with Crippen LogP contribution in [-0.2, 0) is 17.6 Å². The molecule has 4 rings (SSSR count). The third kappa shape index (κ3) is 1.79. The van der Waals surface area contributed by atoms with Gasteiger partial charge >= 0.3 is 0 Å². The normalized spacial score (nSPS) is 14.3. The minimum atomic E-state index is -0.352. The number of Topliss-reactive ketones (excluding diaryl/α,β-unsaturated/α-hetero) is 1. The van der Waals surface area contributed by atoms with Gasteiger partial charge in [-0.15, -0.1) is 0 Å². The summed E-state index contributed by atoms with van der Waals surface area (Å²) >= 11 is 6.40. The highest BCUT2D eigenvalue weighted by Crippen LogP contribution is 2.52. The molecule has 0 spiro atoms. The highest BCUT2D eigenvalue weighted by Gasteiger charge is 2.29. The van der Waals surface area contributed by atoms with E-state index >= 15 is 0 Å². The van der Waals surface area contributed by atoms with E-state index in [1.807, 2.05) is 0 Å². The summed E-state index contributed by atoms with van der Waals surface area (Å²) in [6, 6.07) is 4.56. The van der Waals surface area contributed by atoms with E-state index in [1.54, 1.807) is 12.1 Å². The van der Waals surface area contributed by atoms with Crippen LogP contribution in [0.3, 0.4) is 0 Å². The Labute approximate surface area is 141 Å². The maximum atomic E-state index is 11.7. The smallest absolute Gasteiger partial charge is 0.138 e. The summed E-state index contributed by atoms with van der Waals surface area (Å²) < 4.78 is 0. The van der Waals surface area contributed by atoms with Crippen molar-refractivity contribution in [1.29, 1.82) is 0 Å². The first-order chi connectivity index (χ1) is 11.4. The molecule has 0 radical (unpaired) electrons. The van der Waals surface area contributed by atoms with Gasteiger partial charge in [0.2, 0.25) is 0 Å². The monoisotopic (exact) mass is 344 g/mol. The minimum absolute atomic E-state index is 0.0137. The Balaban J connectivity index is 2.29. The number of halogens is 1. The third-order valence-corrected chi connectivity index (χ3v) is 5.05. The summed E-state index contributed by atoms with van der Waals surface area (Å²) in [5, 5.41) is 42.6. The zero-order valence-electron chi connectivity index (χ0n) is 12.4. The first-order valence-corrected chi connectivity index (χ1v) is 7.82. The lowest BCUT2D eigenvalue weighted by Gasteiger charge is -2.22. The lowest BCUT2D eigenvalue weighted by atomic mass is 9.85. The standard InChI is InChI=1S/C18H13ClO5/c19-15-9-2-1-3-11(21)12(9)18(24)14-13(15)17(23)10-6-7(20)4-5-8(10)16(14)22/h1-3,21-24H,4-6H2. The SMILES string of the molecule is O=C1CCc2c(c(O)c3c(Cl)c4cccc(O)c4c(O)c3c2O)C1. The summed E-state index contributed by atoms with van der Waals surface area (Å²) in [7, 11) is 0. The molecule has 0 saturated heterocycles. The predicted molar refractivity (Wildman–Crippen MR) is 90.2 cm³/mol. The van der Waals surface area contributed by atoms with E-state index in [1.165, 1.54) is 6.07 Å². The van der Waals surface area contributed by atoms with Gasteiger partial charge in [0, 0.05) is 29.4 Å². The molecule has 0 amide bonds. The number of fused-ring (bicyclic) bond motifs is 3. The molecule has 0 fully saturated rings. The second-order valence-corrected chi connectivity index (χ2v) is 6.36. The summed E-state index contributed by atoms with van der Waals surface area (Å²) in [6.45, 7) is 0. The van der Waals surface area contributed by atoms with E-state index in [2.05, 4.69) is 0 Å². The second kappa shape index (κ2) is 4.92. The lowest BCUT2D eigenvalue weighted by molar-refractivity contribution is -0.118. The van der Waals surface area contributed by atoms with Gasteiger partial charge in [-0.3, -0.25) is 4.79 Å². The van der Waals surface area contributed by atoms with Crippen molar-refractivity contribution in [2.45, 2.75) is 19.3 Å². The number of phenols is 4. The van der Waals surface area contributed by atoms with E-state index < -0.39 is 0 Å². The minimum Gasteiger partial charge on any atom is -0.507 e. The molecule has 0 unspecified atom stereocenters. The van der Waals surface area contributed by atoms with Crippen LogP contribution in [0, 0.1) is 0 Å². The molecule has 0 atom stereocenters. The molecule has 4 N–H and O–H groups in total. The highest BCUT2D eigenvalue weighted by atomic mass is 35.5. The summed E-state index contributed by atoms with van der Waals surface area (Å²) in [5.41, 5.74) is 0.776. The Morgan fingerprint density at radius 1 is 0.833 bits per heavy atom. The number of ketones is 1. The molecule has 0 bridgehead atoms. The molecule has 0 aromatic heterocycles. The first kappa shape index (κ1) is 14.9. The first-order valence-electron chi connectivity index (χ1n) is 7.45. The predicted octanol–water partition coefficient (Wildman–Crippen LogP) is 3.53. The van der Waals surface area contributed by atoms with Gasteiger partial charge in [0.05, 0.1) is 21.2 Å². The number of hydrogen-bond donors (Lipinski definition) is 4. The van der Waals surface area contributed by atoms with Crippen molar-refractivity contribution in [2.24, 2.45) is 0 Å². The fourth-order valence-corrected chi connectivity index (χ4v) is 3.85. The fourth-order valence-electron chi connectivity index (χ4n) is 3.51. The molecule has 1 aliphatic carbocycles. The number of carbonyl (C=O) groups is 1. The van der Waals surface area contributed by atoms with E-state index in [4.69, 9.17) is 11.6 Å². The van der Waals surface area contributed by atoms with Gasteiger partial charge in [0.1, 0.15) is 28.8 Å². The number of benzene rings is 3. The van der Waals surface area contributed by atoms with Crippen molar-refractivity contribution in [1.82, 2.24) is 0 Å². The Morgan fingerprint density at radius 2 is 1.54 bits per heavy atom. The highest BCUT2D eigenvalue weighted by molar-refractivity contribution is 6.42. The van der Waals surface area contributed by atoms with E-state index in [-0.39, 0.29) is 69.2 Å². The molecule has 3 aromatic carbocycles. The number of aromatic hydroxyl groups is 4. The molecule has 1 aliphatic rings. The number of rotatable bonds is 0. The fraction of sp³-hybridized carbons (Fsp3) is 0.167. The van der Waals surface area contributed by atoms with Gasteiger partial charge in [-0.2, -0.15) is 0 Å². The van der Waals surface area contributed by atoms with Crippen LogP contribution in [0.5, 0.6) is 23.0 Å². The Morgan fingerprint density at radius 3 is 2.29 bits per heavy atom. The second-order valence-electron chi connectivity index (χ2n) is 5.98. The van der Waals surface area contributed by atoms with Crippen molar-refractivity contribution in [3.8, 4) is 23.0 Å². The molecular formula is C18H13ClO5. The van der Waals surface area contributed by atoms with Crippen molar-refractivity contribution in [3.63, 3.8) is 0 Å². The van der Waals surface area contributed by atoms with Gasteiger partial charge in [0.25, 0.3) is 0 Å².